The third kappa shape index (κ3) is 2.33. The highest BCUT2D eigenvalue weighted by Gasteiger charge is 2.14. The Balaban J connectivity index is 2.27. The van der Waals surface area contributed by atoms with E-state index >= 15 is 0 Å². The molecule has 0 spiro atoms. The minimum Gasteiger partial charge on any atom is -0.331 e. The molecule has 3 rings (SSSR count). The molecule has 2 aromatic carbocycles. The van der Waals surface area contributed by atoms with Gasteiger partial charge in [0.15, 0.2) is 0 Å². The summed E-state index contributed by atoms with van der Waals surface area (Å²) in [6.45, 7) is 3.85. The molecule has 0 saturated heterocycles. The van der Waals surface area contributed by atoms with Crippen molar-refractivity contribution in [1.29, 1.82) is 0 Å². The molecule has 0 fully saturated rings. The van der Waals surface area contributed by atoms with Crippen LogP contribution >= 0.6 is 0 Å². The number of amides is 1. The monoisotopic (exact) mass is 284 g/mol. The van der Waals surface area contributed by atoms with Crippen LogP contribution in [0, 0.1) is 0 Å². The lowest BCUT2D eigenvalue weighted by Crippen LogP contribution is -2.25. The summed E-state index contributed by atoms with van der Waals surface area (Å²) in [6.07, 6.45) is 1.51. The van der Waals surface area contributed by atoms with Crippen LogP contribution in [0.2, 0.25) is 0 Å². The SMILES string of the molecule is [B]c1ccc2c(c1)c1cc([B])ccc1n2CC(=O)N(C)C=C. The van der Waals surface area contributed by atoms with E-state index in [2.05, 4.69) is 6.58 Å². The number of fused-ring (bicyclic) bond motifs is 3. The highest BCUT2D eigenvalue weighted by atomic mass is 16.2. The van der Waals surface area contributed by atoms with Gasteiger partial charge in [-0.1, -0.05) is 41.8 Å². The van der Waals surface area contributed by atoms with Crippen molar-refractivity contribution in [2.24, 2.45) is 0 Å². The van der Waals surface area contributed by atoms with Crippen LogP contribution in [-0.4, -0.2) is 38.1 Å². The number of hydrogen-bond donors (Lipinski definition) is 0. The molecule has 0 N–H and O–H groups in total. The van der Waals surface area contributed by atoms with Crippen LogP contribution in [0.1, 0.15) is 0 Å². The zero-order valence-electron chi connectivity index (χ0n) is 12.4. The quantitative estimate of drug-likeness (QED) is 0.658. The summed E-state index contributed by atoms with van der Waals surface area (Å²) >= 11 is 0. The molecule has 0 aliphatic rings. The Kier molecular flexibility index (Phi) is 3.57. The van der Waals surface area contributed by atoms with Crippen molar-refractivity contribution in [2.45, 2.75) is 6.54 Å². The molecule has 0 unspecified atom stereocenters. The first-order valence-electron chi connectivity index (χ1n) is 6.96. The molecule has 0 aliphatic carbocycles. The fraction of sp³-hybridized carbons (Fsp3) is 0.118. The lowest BCUT2D eigenvalue weighted by Gasteiger charge is -2.13. The molecule has 0 bridgehead atoms. The number of aromatic nitrogens is 1. The maximum absolute atomic E-state index is 12.2. The maximum atomic E-state index is 12.2. The van der Waals surface area contributed by atoms with Crippen molar-refractivity contribution in [1.82, 2.24) is 9.47 Å². The van der Waals surface area contributed by atoms with Crippen molar-refractivity contribution in [3.05, 3.63) is 49.2 Å². The van der Waals surface area contributed by atoms with Gasteiger partial charge in [0.05, 0.1) is 0 Å². The van der Waals surface area contributed by atoms with Gasteiger partial charge in [0.25, 0.3) is 0 Å². The average molecular weight is 284 g/mol. The van der Waals surface area contributed by atoms with E-state index in [1.807, 2.05) is 41.0 Å². The van der Waals surface area contributed by atoms with Crippen LogP contribution in [0.15, 0.2) is 49.2 Å². The Morgan fingerprint density at radius 3 is 2.09 bits per heavy atom. The molecule has 1 heterocycles. The van der Waals surface area contributed by atoms with E-state index in [9.17, 15) is 4.79 Å². The number of likely N-dealkylation sites (N-methyl/N-ethyl adjacent to an activating group) is 1. The number of carbonyl (C=O) groups excluding carboxylic acids is 1. The number of benzene rings is 2. The van der Waals surface area contributed by atoms with Gasteiger partial charge in [-0.2, -0.15) is 0 Å². The van der Waals surface area contributed by atoms with Gasteiger partial charge in [0, 0.05) is 28.9 Å². The molecule has 0 atom stereocenters. The van der Waals surface area contributed by atoms with Crippen molar-refractivity contribution in [3.8, 4) is 0 Å². The number of rotatable bonds is 3. The van der Waals surface area contributed by atoms with Gasteiger partial charge < -0.3 is 9.47 Å². The van der Waals surface area contributed by atoms with Crippen molar-refractivity contribution < 1.29 is 4.79 Å². The van der Waals surface area contributed by atoms with Crippen molar-refractivity contribution >= 4 is 54.3 Å². The molecular formula is C17H14B2N2O. The summed E-state index contributed by atoms with van der Waals surface area (Å²) in [7, 11) is 13.5. The summed E-state index contributed by atoms with van der Waals surface area (Å²) in [5, 5.41) is 1.99. The first kappa shape index (κ1) is 14.5. The normalized spacial score (nSPS) is 11.0. The second kappa shape index (κ2) is 5.41. The zero-order chi connectivity index (χ0) is 15.9. The van der Waals surface area contributed by atoms with Gasteiger partial charge in [0.2, 0.25) is 5.91 Å². The fourth-order valence-corrected chi connectivity index (χ4v) is 2.66. The van der Waals surface area contributed by atoms with E-state index in [1.165, 1.54) is 11.1 Å². The number of carbonyl (C=O) groups is 1. The highest BCUT2D eigenvalue weighted by molar-refractivity contribution is 6.35. The summed E-state index contributed by atoms with van der Waals surface area (Å²) in [6, 6.07) is 11.4. The van der Waals surface area contributed by atoms with E-state index in [4.69, 9.17) is 15.7 Å². The third-order valence-corrected chi connectivity index (χ3v) is 3.87. The summed E-state index contributed by atoms with van der Waals surface area (Å²) in [4.78, 5) is 13.7. The molecular weight excluding hydrogens is 270 g/mol. The summed E-state index contributed by atoms with van der Waals surface area (Å²) in [5.74, 6) is -0.0394. The summed E-state index contributed by atoms with van der Waals surface area (Å²) in [5.41, 5.74) is 3.29. The summed E-state index contributed by atoms with van der Waals surface area (Å²) < 4.78 is 1.98. The predicted octanol–water partition coefficient (Wildman–Crippen LogP) is 0.984. The zero-order valence-corrected chi connectivity index (χ0v) is 12.4. The van der Waals surface area contributed by atoms with Gasteiger partial charge in [-0.15, -0.1) is 0 Å². The van der Waals surface area contributed by atoms with E-state index in [0.29, 0.717) is 10.9 Å². The van der Waals surface area contributed by atoms with Crippen molar-refractivity contribution in [3.63, 3.8) is 0 Å². The lowest BCUT2D eigenvalue weighted by atomic mass is 9.92. The van der Waals surface area contributed by atoms with Gasteiger partial charge >= 0.3 is 0 Å². The van der Waals surface area contributed by atoms with Gasteiger partial charge in [-0.25, -0.2) is 0 Å². The Morgan fingerprint density at radius 2 is 1.64 bits per heavy atom. The predicted molar refractivity (Wildman–Crippen MR) is 93.2 cm³/mol. The first-order chi connectivity index (χ1) is 10.5. The molecule has 0 saturated carbocycles. The third-order valence-electron chi connectivity index (χ3n) is 3.87. The molecule has 0 aliphatic heterocycles. The highest BCUT2D eigenvalue weighted by Crippen LogP contribution is 2.27. The standard InChI is InChI=1S/C17H14B2N2O/c1-3-20(2)17(22)10-21-15-6-4-11(18)8-13(15)14-9-12(19)5-7-16(14)21/h3-9H,1,10H2,2H3. The van der Waals surface area contributed by atoms with Gasteiger partial charge in [-0.05, 0) is 18.3 Å². The van der Waals surface area contributed by atoms with E-state index in [0.717, 1.165) is 21.8 Å². The Morgan fingerprint density at radius 1 is 1.14 bits per heavy atom. The molecule has 22 heavy (non-hydrogen) atoms. The average Bonchev–Trinajstić information content (AvgIpc) is 2.79. The Bertz CT molecular complexity index is 839. The molecule has 3 nitrogen and oxygen atoms in total. The van der Waals surface area contributed by atoms with E-state index in [-0.39, 0.29) is 12.5 Å². The number of hydrogen-bond acceptors (Lipinski definition) is 1. The molecule has 104 valence electrons. The lowest BCUT2D eigenvalue weighted by molar-refractivity contribution is -0.128. The molecule has 3 aromatic rings. The largest absolute Gasteiger partial charge is 0.331 e. The van der Waals surface area contributed by atoms with E-state index < -0.39 is 0 Å². The number of nitrogens with zero attached hydrogens (tertiary/aromatic N) is 2. The smallest absolute Gasteiger partial charge is 0.246 e. The minimum atomic E-state index is -0.0394. The van der Waals surface area contributed by atoms with E-state index in [1.54, 1.807) is 7.05 Å². The van der Waals surface area contributed by atoms with Gasteiger partial charge in [-0.3, -0.25) is 4.79 Å². The Hall–Kier alpha value is -2.42. The van der Waals surface area contributed by atoms with Gasteiger partial charge in [0.1, 0.15) is 22.2 Å². The van der Waals surface area contributed by atoms with Crippen LogP contribution in [0.3, 0.4) is 0 Å². The molecule has 1 amide bonds. The van der Waals surface area contributed by atoms with Crippen LogP contribution < -0.4 is 10.9 Å². The molecule has 4 radical (unpaired) electrons. The van der Waals surface area contributed by atoms with Crippen LogP contribution in [0.5, 0.6) is 0 Å². The second-order valence-electron chi connectivity index (χ2n) is 5.33. The minimum absolute atomic E-state index is 0.0394. The van der Waals surface area contributed by atoms with Crippen LogP contribution in [0.25, 0.3) is 21.8 Å². The van der Waals surface area contributed by atoms with Crippen LogP contribution in [-0.2, 0) is 11.3 Å². The topological polar surface area (TPSA) is 25.2 Å². The fourth-order valence-electron chi connectivity index (χ4n) is 2.66. The maximum Gasteiger partial charge on any atom is 0.246 e. The molecule has 5 heteroatoms. The van der Waals surface area contributed by atoms with Crippen molar-refractivity contribution in [2.75, 3.05) is 7.05 Å². The molecule has 1 aromatic heterocycles. The van der Waals surface area contributed by atoms with Crippen LogP contribution in [0.4, 0.5) is 0 Å². The second-order valence-corrected chi connectivity index (χ2v) is 5.33. The first-order valence-corrected chi connectivity index (χ1v) is 6.96. The Labute approximate surface area is 132 Å².